The lowest BCUT2D eigenvalue weighted by atomic mass is 10.1. The molecule has 244 valence electrons. The molecule has 0 aliphatic carbocycles. The highest BCUT2D eigenvalue weighted by Crippen LogP contribution is 2.35. The Morgan fingerprint density at radius 2 is 1.96 bits per heavy atom. The average Bonchev–Trinajstić information content (AvgIpc) is 3.41. The molecule has 2 saturated heterocycles. The molecule has 5 rings (SSSR count). The molecule has 2 aliphatic rings. The Morgan fingerprint density at radius 1 is 1.16 bits per heavy atom. The number of carbonyl (C=O) groups is 2. The van der Waals surface area contributed by atoms with Crippen LogP contribution in [0.4, 0.5) is 10.5 Å². The molecule has 0 saturated carbocycles. The summed E-state index contributed by atoms with van der Waals surface area (Å²) in [4.78, 5) is 37.8. The van der Waals surface area contributed by atoms with E-state index in [1.807, 2.05) is 52.5 Å². The predicted molar refractivity (Wildman–Crippen MR) is 176 cm³/mol. The molecule has 0 spiro atoms. The van der Waals surface area contributed by atoms with E-state index in [9.17, 15) is 9.59 Å². The van der Waals surface area contributed by atoms with Crippen LogP contribution in [0.15, 0.2) is 36.7 Å². The SMILES string of the molecule is CCCCCOc1cc(N2CCCN(Cc3ccnc4c3c(Cl)cn4C(C)C(=O)N(CC)C3CCOCC3)C2=O)ccc1OC. The van der Waals surface area contributed by atoms with Crippen LogP contribution in [0.2, 0.25) is 5.02 Å². The van der Waals surface area contributed by atoms with Crippen molar-refractivity contribution in [1.29, 1.82) is 0 Å². The molecule has 2 aliphatic heterocycles. The van der Waals surface area contributed by atoms with Gasteiger partial charge in [-0.15, -0.1) is 0 Å². The Bertz CT molecular complexity index is 1470. The van der Waals surface area contributed by atoms with Crippen LogP contribution in [0.1, 0.15) is 70.9 Å². The summed E-state index contributed by atoms with van der Waals surface area (Å²) < 4.78 is 19.0. The number of likely N-dealkylation sites (N-methyl/N-ethyl adjacent to an activating group) is 1. The number of carbonyl (C=O) groups excluding carboxylic acids is 2. The van der Waals surface area contributed by atoms with Gasteiger partial charge in [-0.05, 0) is 63.3 Å². The highest BCUT2D eigenvalue weighted by Gasteiger charge is 2.31. The van der Waals surface area contributed by atoms with Gasteiger partial charge in [-0.1, -0.05) is 31.4 Å². The fraction of sp³-hybridized carbons (Fsp3) is 0.559. The summed E-state index contributed by atoms with van der Waals surface area (Å²) in [6, 6.07) is 7.17. The lowest BCUT2D eigenvalue weighted by molar-refractivity contribution is -0.138. The third kappa shape index (κ3) is 7.17. The Balaban J connectivity index is 1.35. The Labute approximate surface area is 271 Å². The zero-order chi connectivity index (χ0) is 31.9. The third-order valence-electron chi connectivity index (χ3n) is 8.92. The van der Waals surface area contributed by atoms with E-state index in [2.05, 4.69) is 11.9 Å². The summed E-state index contributed by atoms with van der Waals surface area (Å²) in [5.41, 5.74) is 2.31. The van der Waals surface area contributed by atoms with Crippen LogP contribution in [0.3, 0.4) is 0 Å². The molecular formula is C34H46ClN5O5. The molecule has 0 N–H and O–H groups in total. The monoisotopic (exact) mass is 639 g/mol. The van der Waals surface area contributed by atoms with Gasteiger partial charge in [0.25, 0.3) is 0 Å². The van der Waals surface area contributed by atoms with Crippen LogP contribution in [0, 0.1) is 0 Å². The molecule has 45 heavy (non-hydrogen) atoms. The van der Waals surface area contributed by atoms with Crippen LogP contribution in [-0.4, -0.2) is 83.9 Å². The number of hydrogen-bond donors (Lipinski definition) is 0. The van der Waals surface area contributed by atoms with Gasteiger partial charge in [-0.3, -0.25) is 9.69 Å². The molecule has 1 aromatic carbocycles. The van der Waals surface area contributed by atoms with Crippen molar-refractivity contribution >= 4 is 40.3 Å². The van der Waals surface area contributed by atoms with Gasteiger partial charge in [-0.25, -0.2) is 9.78 Å². The summed E-state index contributed by atoms with van der Waals surface area (Å²) in [6.07, 6.45) is 9.20. The second kappa shape index (κ2) is 15.2. The van der Waals surface area contributed by atoms with Gasteiger partial charge < -0.3 is 28.6 Å². The van der Waals surface area contributed by atoms with Crippen molar-refractivity contribution < 1.29 is 23.8 Å². The van der Waals surface area contributed by atoms with Crippen molar-refractivity contribution in [3.05, 3.63) is 47.2 Å². The number of pyridine rings is 1. The van der Waals surface area contributed by atoms with Crippen molar-refractivity contribution in [2.24, 2.45) is 0 Å². The molecule has 4 heterocycles. The number of amides is 3. The van der Waals surface area contributed by atoms with Crippen molar-refractivity contribution in [3.8, 4) is 11.5 Å². The van der Waals surface area contributed by atoms with E-state index >= 15 is 0 Å². The van der Waals surface area contributed by atoms with Crippen molar-refractivity contribution in [1.82, 2.24) is 19.4 Å². The Kier molecular flexibility index (Phi) is 11.1. The molecule has 3 amide bonds. The maximum Gasteiger partial charge on any atom is 0.324 e. The largest absolute Gasteiger partial charge is 0.493 e. The minimum atomic E-state index is -0.480. The van der Waals surface area contributed by atoms with Crippen LogP contribution >= 0.6 is 11.6 Å². The van der Waals surface area contributed by atoms with Crippen LogP contribution in [0.5, 0.6) is 11.5 Å². The first-order valence-corrected chi connectivity index (χ1v) is 16.6. The second-order valence-electron chi connectivity index (χ2n) is 11.8. The van der Waals surface area contributed by atoms with Gasteiger partial charge >= 0.3 is 6.03 Å². The van der Waals surface area contributed by atoms with Gasteiger partial charge in [0.2, 0.25) is 5.91 Å². The van der Waals surface area contributed by atoms with E-state index < -0.39 is 6.04 Å². The number of ether oxygens (including phenoxy) is 3. The van der Waals surface area contributed by atoms with Crippen LogP contribution < -0.4 is 14.4 Å². The molecule has 2 aromatic heterocycles. The summed E-state index contributed by atoms with van der Waals surface area (Å²) in [5, 5.41) is 1.29. The molecular weight excluding hydrogens is 594 g/mol. The normalized spacial score (nSPS) is 16.7. The molecule has 3 aromatic rings. The van der Waals surface area contributed by atoms with Crippen LogP contribution in [0.25, 0.3) is 11.0 Å². The lowest BCUT2D eigenvalue weighted by Crippen LogP contribution is -2.49. The van der Waals surface area contributed by atoms with Gasteiger partial charge in [0.15, 0.2) is 11.5 Å². The summed E-state index contributed by atoms with van der Waals surface area (Å²) in [7, 11) is 1.62. The van der Waals surface area contributed by atoms with E-state index in [1.165, 1.54) is 0 Å². The number of halogens is 1. The second-order valence-corrected chi connectivity index (χ2v) is 12.2. The van der Waals surface area contributed by atoms with E-state index in [1.54, 1.807) is 24.4 Å². The Morgan fingerprint density at radius 3 is 2.69 bits per heavy atom. The zero-order valence-electron chi connectivity index (χ0n) is 27.0. The van der Waals surface area contributed by atoms with Gasteiger partial charge in [0, 0.05) is 75.0 Å². The number of aromatic nitrogens is 2. The topological polar surface area (TPSA) is 89.4 Å². The minimum Gasteiger partial charge on any atom is -0.493 e. The first kappa shape index (κ1) is 32.9. The van der Waals surface area contributed by atoms with Crippen molar-refractivity contribution in [2.75, 3.05) is 51.5 Å². The van der Waals surface area contributed by atoms with E-state index in [4.69, 9.17) is 25.8 Å². The highest BCUT2D eigenvalue weighted by atomic mass is 35.5. The standard InChI is InChI=1S/C34H46ClN5O5/c1-5-7-8-18-45-30-21-27(10-11-29(30)43-4)39-17-9-16-37(34(39)42)22-25-12-15-36-32-31(25)28(35)23-40(32)24(3)33(41)38(6-2)26-13-19-44-20-14-26/h10-12,15,21,23-24,26H,5-9,13-14,16-20,22H2,1-4H3. The average molecular weight is 640 g/mol. The zero-order valence-corrected chi connectivity index (χ0v) is 27.7. The molecule has 0 radical (unpaired) electrons. The third-order valence-corrected chi connectivity index (χ3v) is 9.21. The number of unbranched alkanes of at least 4 members (excludes halogenated alkanes) is 2. The van der Waals surface area contributed by atoms with E-state index in [0.717, 1.165) is 55.2 Å². The maximum atomic E-state index is 13.8. The quantitative estimate of drug-likeness (QED) is 0.194. The number of urea groups is 1. The number of methoxy groups -OCH3 is 1. The maximum absolute atomic E-state index is 13.8. The lowest BCUT2D eigenvalue weighted by Gasteiger charge is -2.36. The van der Waals surface area contributed by atoms with Gasteiger partial charge in [0.05, 0.1) is 18.7 Å². The smallest absolute Gasteiger partial charge is 0.324 e. The molecule has 10 nitrogen and oxygen atoms in total. The number of nitrogens with zero attached hydrogens (tertiary/aromatic N) is 5. The fourth-order valence-electron chi connectivity index (χ4n) is 6.42. The minimum absolute atomic E-state index is 0.0419. The molecule has 1 atom stereocenters. The number of hydrogen-bond acceptors (Lipinski definition) is 6. The number of benzene rings is 1. The number of rotatable bonds is 13. The molecule has 2 fully saturated rings. The first-order chi connectivity index (χ1) is 21.9. The molecule has 11 heteroatoms. The van der Waals surface area contributed by atoms with Crippen molar-refractivity contribution in [3.63, 3.8) is 0 Å². The number of anilines is 1. The van der Waals surface area contributed by atoms with Gasteiger partial charge in [0.1, 0.15) is 11.7 Å². The van der Waals surface area contributed by atoms with Crippen LogP contribution in [-0.2, 0) is 16.1 Å². The molecule has 1 unspecified atom stereocenters. The van der Waals surface area contributed by atoms with Crippen molar-refractivity contribution in [2.45, 2.75) is 77.9 Å². The first-order valence-electron chi connectivity index (χ1n) is 16.3. The number of fused-ring (bicyclic) bond motifs is 1. The highest BCUT2D eigenvalue weighted by molar-refractivity contribution is 6.35. The van der Waals surface area contributed by atoms with Gasteiger partial charge in [-0.2, -0.15) is 0 Å². The summed E-state index contributed by atoms with van der Waals surface area (Å²) in [6.45, 7) is 10.3. The molecule has 0 bridgehead atoms. The van der Waals surface area contributed by atoms with E-state index in [-0.39, 0.29) is 18.0 Å². The fourth-order valence-corrected chi connectivity index (χ4v) is 6.73. The Hall–Kier alpha value is -3.50. The summed E-state index contributed by atoms with van der Waals surface area (Å²) in [5.74, 6) is 1.33. The van der Waals surface area contributed by atoms with E-state index in [0.29, 0.717) is 68.2 Å². The predicted octanol–water partition coefficient (Wildman–Crippen LogP) is 6.69. The summed E-state index contributed by atoms with van der Waals surface area (Å²) >= 11 is 6.84.